The lowest BCUT2D eigenvalue weighted by atomic mass is 9.88. The van der Waals surface area contributed by atoms with Gasteiger partial charge in [-0.3, -0.25) is 0 Å². The van der Waals surface area contributed by atoms with Crippen LogP contribution in [0.2, 0.25) is 0 Å². The average molecular weight is 273 g/mol. The Hall–Kier alpha value is -2.00. The van der Waals surface area contributed by atoms with Crippen molar-refractivity contribution in [3.05, 3.63) is 59.7 Å². The summed E-state index contributed by atoms with van der Waals surface area (Å²) >= 11 is 0. The molecule has 0 saturated heterocycles. The number of benzene rings is 2. The van der Waals surface area contributed by atoms with E-state index in [2.05, 4.69) is 31.2 Å². The summed E-state index contributed by atoms with van der Waals surface area (Å²) < 4.78 is 11.0. The van der Waals surface area contributed by atoms with Crippen LogP contribution in [0.3, 0.4) is 0 Å². The molecule has 20 heavy (non-hydrogen) atoms. The molecule has 0 aliphatic heterocycles. The smallest absolute Gasteiger partial charge is 0.122 e. The molecule has 0 aliphatic rings. The predicted molar refractivity (Wildman–Crippen MR) is 83.1 cm³/mol. The van der Waals surface area contributed by atoms with Gasteiger partial charge in [-0.1, -0.05) is 43.3 Å². The topological polar surface area (TPSA) is 53.5 Å². The monoisotopic (exact) mass is 273 g/mol. The Morgan fingerprint density at radius 1 is 0.800 bits per heavy atom. The maximum absolute atomic E-state index is 5.48. The summed E-state index contributed by atoms with van der Waals surface area (Å²) in [5, 5.41) is 0. The Labute approximate surface area is 121 Å². The van der Waals surface area contributed by atoms with Gasteiger partial charge in [0.1, 0.15) is 11.5 Å². The summed E-state index contributed by atoms with van der Waals surface area (Å²) in [4.78, 5) is 0. The van der Waals surface area contributed by atoms with E-state index in [0.29, 0.717) is 0 Å². The van der Waals surface area contributed by atoms with Gasteiger partial charge in [0.15, 0.2) is 0 Å². The van der Waals surface area contributed by atoms with Crippen molar-refractivity contribution in [1.29, 1.82) is 0 Å². The zero-order chi connectivity index (χ0) is 13.7. The molecule has 0 bridgehead atoms. The van der Waals surface area contributed by atoms with Crippen LogP contribution in [0.25, 0.3) is 0 Å². The van der Waals surface area contributed by atoms with Gasteiger partial charge >= 0.3 is 0 Å². The molecule has 0 spiro atoms. The number of hydrogen-bond donors (Lipinski definition) is 1. The van der Waals surface area contributed by atoms with Crippen molar-refractivity contribution in [2.75, 3.05) is 14.2 Å². The van der Waals surface area contributed by atoms with Gasteiger partial charge in [0.2, 0.25) is 0 Å². The predicted octanol–water partition coefficient (Wildman–Crippen LogP) is 4.41. The van der Waals surface area contributed by atoms with E-state index >= 15 is 0 Å². The highest BCUT2D eigenvalue weighted by Gasteiger charge is 2.19. The number of methoxy groups -OCH3 is 2. The maximum Gasteiger partial charge on any atom is 0.122 e. The first-order chi connectivity index (χ1) is 9.31. The van der Waals surface area contributed by atoms with Crippen molar-refractivity contribution in [3.63, 3.8) is 0 Å². The Morgan fingerprint density at radius 3 is 1.55 bits per heavy atom. The first kappa shape index (κ1) is 16.1. The van der Waals surface area contributed by atoms with Gasteiger partial charge < -0.3 is 15.6 Å². The van der Waals surface area contributed by atoms with Crippen LogP contribution in [0.15, 0.2) is 48.5 Å². The van der Waals surface area contributed by atoms with Crippen LogP contribution in [-0.4, -0.2) is 14.2 Å². The highest BCUT2D eigenvalue weighted by atomic mass is 16.5. The summed E-state index contributed by atoms with van der Waals surface area (Å²) in [7, 11) is 3.43. The molecular formula is C17H23NO2. The number of rotatable bonds is 5. The number of para-hydroxylation sites is 2. The van der Waals surface area contributed by atoms with Crippen LogP contribution in [-0.2, 0) is 0 Å². The van der Waals surface area contributed by atoms with E-state index in [9.17, 15) is 0 Å². The van der Waals surface area contributed by atoms with E-state index in [1.165, 1.54) is 11.1 Å². The summed E-state index contributed by atoms with van der Waals surface area (Å²) in [6, 6.07) is 16.4. The molecule has 3 nitrogen and oxygen atoms in total. The van der Waals surface area contributed by atoms with E-state index in [-0.39, 0.29) is 12.1 Å². The second-order valence-corrected chi connectivity index (χ2v) is 4.44. The fraction of sp³-hybridized carbons (Fsp3) is 0.294. The van der Waals surface area contributed by atoms with Crippen molar-refractivity contribution in [3.8, 4) is 11.5 Å². The van der Waals surface area contributed by atoms with Gasteiger partial charge in [0, 0.05) is 17.0 Å². The molecule has 0 unspecified atom stereocenters. The minimum Gasteiger partial charge on any atom is -0.496 e. The molecule has 3 heteroatoms. The third-order valence-electron chi connectivity index (χ3n) is 3.44. The minimum absolute atomic E-state index is 0. The van der Waals surface area contributed by atoms with E-state index in [0.717, 1.165) is 17.9 Å². The molecule has 3 N–H and O–H groups in total. The quantitative estimate of drug-likeness (QED) is 0.878. The van der Waals surface area contributed by atoms with Gasteiger partial charge in [-0.05, 0) is 18.6 Å². The lowest BCUT2D eigenvalue weighted by molar-refractivity contribution is 0.399. The summed E-state index contributed by atoms with van der Waals surface area (Å²) in [6.45, 7) is 2.18. The fourth-order valence-electron chi connectivity index (χ4n) is 2.52. The summed E-state index contributed by atoms with van der Waals surface area (Å²) in [5.74, 6) is 2.15. The second kappa shape index (κ2) is 7.56. The molecule has 0 heterocycles. The zero-order valence-corrected chi connectivity index (χ0v) is 12.4. The third-order valence-corrected chi connectivity index (χ3v) is 3.44. The van der Waals surface area contributed by atoms with Gasteiger partial charge in [0.25, 0.3) is 0 Å². The molecule has 0 aromatic heterocycles. The van der Waals surface area contributed by atoms with Gasteiger partial charge in [-0.2, -0.15) is 0 Å². The highest BCUT2D eigenvalue weighted by molar-refractivity contribution is 5.46. The van der Waals surface area contributed by atoms with Crippen LogP contribution in [0.5, 0.6) is 11.5 Å². The van der Waals surface area contributed by atoms with Crippen LogP contribution in [0.4, 0.5) is 0 Å². The zero-order valence-electron chi connectivity index (χ0n) is 12.4. The van der Waals surface area contributed by atoms with Gasteiger partial charge in [-0.15, -0.1) is 0 Å². The van der Waals surface area contributed by atoms with Crippen LogP contribution < -0.4 is 15.6 Å². The van der Waals surface area contributed by atoms with E-state index in [4.69, 9.17) is 9.47 Å². The largest absolute Gasteiger partial charge is 0.496 e. The first-order valence-corrected chi connectivity index (χ1v) is 6.57. The van der Waals surface area contributed by atoms with Crippen molar-refractivity contribution >= 4 is 0 Å². The standard InChI is InChI=1S/C17H20O2.H3N/c1-4-13(14-9-5-7-11-16(14)18-2)15-10-6-8-12-17(15)19-3;/h5-13H,4H2,1-3H3;1H3. The lowest BCUT2D eigenvalue weighted by Gasteiger charge is -2.20. The molecular weight excluding hydrogens is 250 g/mol. The Kier molecular flexibility index (Phi) is 6.07. The third kappa shape index (κ3) is 3.11. The van der Waals surface area contributed by atoms with Crippen molar-refractivity contribution in [2.24, 2.45) is 0 Å². The van der Waals surface area contributed by atoms with Gasteiger partial charge in [-0.25, -0.2) is 0 Å². The molecule has 0 radical (unpaired) electrons. The second-order valence-electron chi connectivity index (χ2n) is 4.44. The number of hydrogen-bond acceptors (Lipinski definition) is 3. The average Bonchev–Trinajstić information content (AvgIpc) is 2.49. The molecule has 0 atom stereocenters. The molecule has 2 aromatic rings. The molecule has 0 fully saturated rings. The van der Waals surface area contributed by atoms with Crippen molar-refractivity contribution in [1.82, 2.24) is 6.15 Å². The first-order valence-electron chi connectivity index (χ1n) is 6.57. The number of ether oxygens (including phenoxy) is 2. The van der Waals surface area contributed by atoms with Crippen LogP contribution in [0.1, 0.15) is 30.4 Å². The fourth-order valence-corrected chi connectivity index (χ4v) is 2.52. The summed E-state index contributed by atoms with van der Waals surface area (Å²) in [6.07, 6.45) is 1.00. The Balaban J connectivity index is 0.00000200. The van der Waals surface area contributed by atoms with Gasteiger partial charge in [0.05, 0.1) is 14.2 Å². The van der Waals surface area contributed by atoms with Crippen molar-refractivity contribution < 1.29 is 9.47 Å². The van der Waals surface area contributed by atoms with E-state index in [1.807, 2.05) is 24.3 Å². The molecule has 0 amide bonds. The molecule has 108 valence electrons. The summed E-state index contributed by atoms with van der Waals surface area (Å²) in [5.41, 5.74) is 2.41. The normalized spacial score (nSPS) is 10.0. The highest BCUT2D eigenvalue weighted by Crippen LogP contribution is 2.38. The Morgan fingerprint density at radius 2 is 1.20 bits per heavy atom. The molecule has 2 rings (SSSR count). The molecule has 0 saturated carbocycles. The van der Waals surface area contributed by atoms with E-state index in [1.54, 1.807) is 14.2 Å². The van der Waals surface area contributed by atoms with E-state index < -0.39 is 0 Å². The molecule has 2 aromatic carbocycles. The maximum atomic E-state index is 5.48. The minimum atomic E-state index is 0. The lowest BCUT2D eigenvalue weighted by Crippen LogP contribution is -2.04. The van der Waals surface area contributed by atoms with Crippen LogP contribution >= 0.6 is 0 Å². The SMILES string of the molecule is CCC(c1ccccc1OC)c1ccccc1OC.N. The van der Waals surface area contributed by atoms with Crippen molar-refractivity contribution in [2.45, 2.75) is 19.3 Å². The Bertz CT molecular complexity index is 493. The van der Waals surface area contributed by atoms with Crippen LogP contribution in [0, 0.1) is 0 Å². The molecule has 0 aliphatic carbocycles.